The molecule has 0 aliphatic heterocycles. The number of nitrogens with zero attached hydrogens (tertiary/aromatic N) is 1. The van der Waals surface area contributed by atoms with Crippen LogP contribution in [0.3, 0.4) is 0 Å². The summed E-state index contributed by atoms with van der Waals surface area (Å²) in [4.78, 5) is 0. The Hall–Kier alpha value is -0.360. The Bertz CT molecular complexity index is 203. The number of hydrogen-bond acceptors (Lipinski definition) is 2. The summed E-state index contributed by atoms with van der Waals surface area (Å²) in [5.74, 6) is 0.521. The number of hydrogen-bond donors (Lipinski definition) is 0. The lowest BCUT2D eigenvalue weighted by molar-refractivity contribution is 0.661. The van der Waals surface area contributed by atoms with E-state index in [1.165, 1.54) is 12.8 Å². The Labute approximate surface area is 76.4 Å². The molecule has 0 aromatic carbocycles. The lowest BCUT2D eigenvalue weighted by Gasteiger charge is -2.09. The summed E-state index contributed by atoms with van der Waals surface area (Å²) < 4.78 is 11.6. The van der Waals surface area contributed by atoms with Crippen molar-refractivity contribution in [3.05, 3.63) is 0 Å². The highest BCUT2D eigenvalue weighted by Gasteiger charge is 2.22. The lowest BCUT2D eigenvalue weighted by Crippen LogP contribution is -2.17. The fourth-order valence-corrected chi connectivity index (χ4v) is 3.27. The zero-order chi connectivity index (χ0) is 8.97. The predicted molar refractivity (Wildman–Crippen MR) is 50.0 cm³/mol. The maximum absolute atomic E-state index is 11.6. The normalized spacial score (nSPS) is 23.3. The highest BCUT2D eigenvalue weighted by Crippen LogP contribution is 2.23. The Kier molecular flexibility index (Phi) is 3.74. The molecule has 1 aliphatic rings. The van der Waals surface area contributed by atoms with Crippen LogP contribution in [0.25, 0.3) is 0 Å². The summed E-state index contributed by atoms with van der Waals surface area (Å²) in [6, 6.07) is 2.13. The smallest absolute Gasteiger partial charge is 0.0662 e. The maximum Gasteiger partial charge on any atom is 0.0662 e. The molecular weight excluding hydrogens is 170 g/mol. The van der Waals surface area contributed by atoms with E-state index in [-0.39, 0.29) is 5.92 Å². The molecule has 0 radical (unpaired) electrons. The van der Waals surface area contributed by atoms with E-state index in [4.69, 9.17) is 5.26 Å². The van der Waals surface area contributed by atoms with Crippen molar-refractivity contribution in [2.45, 2.75) is 37.9 Å². The van der Waals surface area contributed by atoms with Crippen LogP contribution in [-0.4, -0.2) is 15.2 Å². The van der Waals surface area contributed by atoms with E-state index in [0.29, 0.717) is 11.0 Å². The largest absolute Gasteiger partial charge is 0.259 e. The van der Waals surface area contributed by atoms with E-state index < -0.39 is 10.8 Å². The fraction of sp³-hybridized carbons (Fsp3) is 0.889. The van der Waals surface area contributed by atoms with Gasteiger partial charge in [0.2, 0.25) is 0 Å². The van der Waals surface area contributed by atoms with Gasteiger partial charge in [0, 0.05) is 21.8 Å². The maximum atomic E-state index is 11.6. The summed E-state index contributed by atoms with van der Waals surface area (Å²) in [6.07, 6.45) is 4.64. The monoisotopic (exact) mass is 185 g/mol. The van der Waals surface area contributed by atoms with Gasteiger partial charge in [-0.25, -0.2) is 0 Å². The van der Waals surface area contributed by atoms with Crippen molar-refractivity contribution < 1.29 is 4.21 Å². The van der Waals surface area contributed by atoms with Crippen LogP contribution in [0.4, 0.5) is 0 Å². The van der Waals surface area contributed by atoms with E-state index in [0.717, 1.165) is 12.8 Å². The average Bonchev–Trinajstić information content (AvgIpc) is 2.56. The molecule has 1 aliphatic carbocycles. The van der Waals surface area contributed by atoms with Crippen molar-refractivity contribution in [3.8, 4) is 6.07 Å². The second-order valence-electron chi connectivity index (χ2n) is 3.48. The molecule has 0 heterocycles. The third-order valence-corrected chi connectivity index (χ3v) is 4.35. The van der Waals surface area contributed by atoms with Gasteiger partial charge in [-0.2, -0.15) is 5.26 Å². The molecule has 0 aromatic heterocycles. The average molecular weight is 185 g/mol. The Morgan fingerprint density at radius 2 is 2.17 bits per heavy atom. The first kappa shape index (κ1) is 9.73. The van der Waals surface area contributed by atoms with Gasteiger partial charge in [-0.1, -0.05) is 12.8 Å². The predicted octanol–water partition coefficient (Wildman–Crippen LogP) is 1.84. The third-order valence-electron chi connectivity index (χ3n) is 2.31. The van der Waals surface area contributed by atoms with Crippen molar-refractivity contribution in [3.63, 3.8) is 0 Å². The number of nitriles is 1. The highest BCUT2D eigenvalue weighted by molar-refractivity contribution is 7.85. The molecule has 2 atom stereocenters. The first-order valence-corrected chi connectivity index (χ1v) is 5.89. The second-order valence-corrected chi connectivity index (χ2v) is 5.25. The van der Waals surface area contributed by atoms with Gasteiger partial charge in [-0.15, -0.1) is 0 Å². The molecule has 0 N–H and O–H groups in total. The molecule has 1 rings (SSSR count). The standard InChI is InChI=1S/C9H15NOS/c1-8(6-10)7-12(11)9-4-2-3-5-9/h8-9H,2-5,7H2,1H3. The SMILES string of the molecule is CC(C#N)CS(=O)C1CCCC1. The third kappa shape index (κ3) is 2.60. The molecule has 0 aromatic rings. The van der Waals surface area contributed by atoms with E-state index in [9.17, 15) is 4.21 Å². The van der Waals surface area contributed by atoms with Crippen molar-refractivity contribution in [2.75, 3.05) is 5.75 Å². The van der Waals surface area contributed by atoms with Crippen LogP contribution >= 0.6 is 0 Å². The van der Waals surface area contributed by atoms with Gasteiger partial charge < -0.3 is 0 Å². The number of rotatable bonds is 3. The Balaban J connectivity index is 2.33. The summed E-state index contributed by atoms with van der Waals surface area (Å²) in [7, 11) is -0.748. The van der Waals surface area contributed by atoms with Gasteiger partial charge in [0.1, 0.15) is 0 Å². The van der Waals surface area contributed by atoms with Crippen molar-refractivity contribution in [1.82, 2.24) is 0 Å². The van der Waals surface area contributed by atoms with Gasteiger partial charge in [-0.3, -0.25) is 4.21 Å². The van der Waals surface area contributed by atoms with Gasteiger partial charge in [0.15, 0.2) is 0 Å². The second kappa shape index (κ2) is 4.61. The van der Waals surface area contributed by atoms with Crippen LogP contribution < -0.4 is 0 Å². The molecule has 1 saturated carbocycles. The summed E-state index contributed by atoms with van der Waals surface area (Å²) in [6.45, 7) is 1.84. The zero-order valence-corrected chi connectivity index (χ0v) is 8.27. The fourth-order valence-electron chi connectivity index (χ4n) is 1.57. The topological polar surface area (TPSA) is 40.9 Å². The molecular formula is C9H15NOS. The highest BCUT2D eigenvalue weighted by atomic mass is 32.2. The minimum Gasteiger partial charge on any atom is -0.259 e. The van der Waals surface area contributed by atoms with E-state index in [1.54, 1.807) is 0 Å². The van der Waals surface area contributed by atoms with Gasteiger partial charge in [-0.05, 0) is 19.8 Å². The van der Waals surface area contributed by atoms with Crippen molar-refractivity contribution in [1.29, 1.82) is 5.26 Å². The molecule has 0 bridgehead atoms. The lowest BCUT2D eigenvalue weighted by atomic mass is 10.3. The minimum atomic E-state index is -0.748. The van der Waals surface area contributed by atoms with E-state index in [1.807, 2.05) is 6.92 Å². The Morgan fingerprint density at radius 1 is 1.58 bits per heavy atom. The van der Waals surface area contributed by atoms with Gasteiger partial charge >= 0.3 is 0 Å². The molecule has 12 heavy (non-hydrogen) atoms. The first-order valence-electron chi connectivity index (χ1n) is 4.51. The van der Waals surface area contributed by atoms with E-state index in [2.05, 4.69) is 6.07 Å². The molecule has 0 saturated heterocycles. The molecule has 0 amide bonds. The van der Waals surface area contributed by atoms with Crippen LogP contribution in [0.2, 0.25) is 0 Å². The molecule has 68 valence electrons. The van der Waals surface area contributed by atoms with Crippen LogP contribution in [0.15, 0.2) is 0 Å². The Morgan fingerprint density at radius 3 is 2.67 bits per heavy atom. The summed E-state index contributed by atoms with van der Waals surface area (Å²) in [5.41, 5.74) is 0. The van der Waals surface area contributed by atoms with Crippen molar-refractivity contribution in [2.24, 2.45) is 5.92 Å². The van der Waals surface area contributed by atoms with Crippen LogP contribution in [-0.2, 0) is 10.8 Å². The van der Waals surface area contributed by atoms with Crippen LogP contribution in [0, 0.1) is 17.2 Å². The molecule has 2 nitrogen and oxygen atoms in total. The summed E-state index contributed by atoms with van der Waals surface area (Å²) in [5, 5.41) is 8.93. The quantitative estimate of drug-likeness (QED) is 0.673. The first-order chi connectivity index (χ1) is 5.74. The molecule has 0 spiro atoms. The van der Waals surface area contributed by atoms with E-state index >= 15 is 0 Å². The zero-order valence-electron chi connectivity index (χ0n) is 7.45. The summed E-state index contributed by atoms with van der Waals surface area (Å²) >= 11 is 0. The minimum absolute atomic E-state index is 0.0496. The van der Waals surface area contributed by atoms with Crippen molar-refractivity contribution >= 4 is 10.8 Å². The molecule has 3 heteroatoms. The van der Waals surface area contributed by atoms with Gasteiger partial charge in [0.25, 0.3) is 0 Å². The molecule has 1 fully saturated rings. The van der Waals surface area contributed by atoms with Crippen LogP contribution in [0.5, 0.6) is 0 Å². The molecule has 2 unspecified atom stereocenters. The van der Waals surface area contributed by atoms with Crippen LogP contribution in [0.1, 0.15) is 32.6 Å². The van der Waals surface area contributed by atoms with Gasteiger partial charge in [0.05, 0.1) is 12.0 Å².